The number of benzene rings is 1. The molecule has 106 valence electrons. The number of rotatable bonds is 5. The van der Waals surface area contributed by atoms with E-state index in [0.29, 0.717) is 12.0 Å². The second-order valence-corrected chi connectivity index (χ2v) is 6.27. The van der Waals surface area contributed by atoms with Gasteiger partial charge in [0, 0.05) is 37.1 Å². The fraction of sp³-hybridized carbons (Fsp3) is 0.625. The Morgan fingerprint density at radius 1 is 1.21 bits per heavy atom. The van der Waals surface area contributed by atoms with Crippen LogP contribution in [0.25, 0.3) is 0 Å². The molecule has 1 N–H and O–H groups in total. The summed E-state index contributed by atoms with van der Waals surface area (Å²) in [5.74, 6) is 0.707. The second-order valence-electron chi connectivity index (χ2n) is 5.39. The van der Waals surface area contributed by atoms with Crippen molar-refractivity contribution in [2.45, 2.75) is 31.2 Å². The number of thioether (sulfide) groups is 1. The van der Waals surface area contributed by atoms with Crippen LogP contribution in [0.2, 0.25) is 0 Å². The summed E-state index contributed by atoms with van der Waals surface area (Å²) in [5.41, 5.74) is 1.48. The van der Waals surface area contributed by atoms with Gasteiger partial charge in [0.05, 0.1) is 0 Å². The van der Waals surface area contributed by atoms with E-state index in [-0.39, 0.29) is 0 Å². The molecule has 0 aromatic heterocycles. The average molecular weight is 278 g/mol. The standard InChI is InChI=1S/C16H26N2S/c1-4-13(2)16(18-11-9-17-10-12-18)14-5-7-15(19-3)8-6-14/h5-8,13,16-17H,4,9-12H2,1-3H3/t13?,16-/m0/s1. The van der Waals surface area contributed by atoms with Crippen LogP contribution in [0.1, 0.15) is 31.9 Å². The van der Waals surface area contributed by atoms with Gasteiger partial charge in [0.25, 0.3) is 0 Å². The highest BCUT2D eigenvalue weighted by Crippen LogP contribution is 2.31. The third-order valence-corrected chi connectivity index (χ3v) is 4.93. The van der Waals surface area contributed by atoms with Crippen LogP contribution in [-0.2, 0) is 0 Å². The Balaban J connectivity index is 2.19. The highest BCUT2D eigenvalue weighted by atomic mass is 32.2. The zero-order valence-electron chi connectivity index (χ0n) is 12.4. The summed E-state index contributed by atoms with van der Waals surface area (Å²) >= 11 is 1.82. The van der Waals surface area contributed by atoms with Gasteiger partial charge in [0.15, 0.2) is 0 Å². The summed E-state index contributed by atoms with van der Waals surface area (Å²) in [7, 11) is 0. The molecule has 1 unspecified atom stereocenters. The van der Waals surface area contributed by atoms with Crippen LogP contribution < -0.4 is 5.32 Å². The maximum absolute atomic E-state index is 3.45. The molecular weight excluding hydrogens is 252 g/mol. The van der Waals surface area contributed by atoms with E-state index in [9.17, 15) is 0 Å². The quantitative estimate of drug-likeness (QED) is 0.831. The summed E-state index contributed by atoms with van der Waals surface area (Å²) in [5, 5.41) is 3.45. The minimum absolute atomic E-state index is 0.572. The summed E-state index contributed by atoms with van der Waals surface area (Å²) in [6.45, 7) is 9.26. The van der Waals surface area contributed by atoms with Crippen LogP contribution in [0, 0.1) is 5.92 Å². The fourth-order valence-electron chi connectivity index (χ4n) is 2.88. The number of hydrogen-bond donors (Lipinski definition) is 1. The van der Waals surface area contributed by atoms with Crippen molar-refractivity contribution in [3.8, 4) is 0 Å². The molecule has 1 fully saturated rings. The van der Waals surface area contributed by atoms with E-state index in [1.165, 1.54) is 30.0 Å². The minimum atomic E-state index is 0.572. The molecule has 1 aromatic rings. The highest BCUT2D eigenvalue weighted by Gasteiger charge is 2.26. The molecule has 1 saturated heterocycles. The smallest absolute Gasteiger partial charge is 0.0374 e. The Morgan fingerprint density at radius 2 is 1.84 bits per heavy atom. The van der Waals surface area contributed by atoms with E-state index in [1.54, 1.807) is 0 Å². The van der Waals surface area contributed by atoms with E-state index in [0.717, 1.165) is 13.1 Å². The lowest BCUT2D eigenvalue weighted by atomic mass is 9.90. The predicted molar refractivity (Wildman–Crippen MR) is 84.9 cm³/mol. The molecule has 0 saturated carbocycles. The molecule has 1 heterocycles. The van der Waals surface area contributed by atoms with Crippen LogP contribution in [0.4, 0.5) is 0 Å². The summed E-state index contributed by atoms with van der Waals surface area (Å²) in [4.78, 5) is 4.01. The van der Waals surface area contributed by atoms with Crippen molar-refractivity contribution < 1.29 is 0 Å². The Hall–Kier alpha value is -0.510. The molecule has 1 aromatic carbocycles. The SMILES string of the molecule is CCC(C)[C@@H](c1ccc(SC)cc1)N1CCNCC1. The monoisotopic (exact) mass is 278 g/mol. The second kappa shape index (κ2) is 7.32. The van der Waals surface area contributed by atoms with Gasteiger partial charge < -0.3 is 5.32 Å². The lowest BCUT2D eigenvalue weighted by Crippen LogP contribution is -2.46. The van der Waals surface area contributed by atoms with Gasteiger partial charge in [-0.2, -0.15) is 0 Å². The number of hydrogen-bond acceptors (Lipinski definition) is 3. The molecule has 0 radical (unpaired) electrons. The molecule has 1 aliphatic heterocycles. The average Bonchev–Trinajstić information content (AvgIpc) is 2.49. The van der Waals surface area contributed by atoms with Crippen LogP contribution in [0.5, 0.6) is 0 Å². The van der Waals surface area contributed by atoms with Crippen LogP contribution in [-0.4, -0.2) is 37.3 Å². The summed E-state index contributed by atoms with van der Waals surface area (Å²) in [6.07, 6.45) is 3.37. The van der Waals surface area contributed by atoms with Crippen molar-refractivity contribution in [3.05, 3.63) is 29.8 Å². The van der Waals surface area contributed by atoms with Crippen molar-refractivity contribution >= 4 is 11.8 Å². The molecule has 2 nitrogen and oxygen atoms in total. The normalized spacial score (nSPS) is 20.2. The third kappa shape index (κ3) is 3.74. The van der Waals surface area contributed by atoms with Crippen molar-refractivity contribution in [1.29, 1.82) is 0 Å². The zero-order chi connectivity index (χ0) is 13.7. The molecule has 2 atom stereocenters. The Morgan fingerprint density at radius 3 is 2.37 bits per heavy atom. The Kier molecular flexibility index (Phi) is 5.74. The van der Waals surface area contributed by atoms with Crippen molar-refractivity contribution in [2.75, 3.05) is 32.4 Å². The molecule has 0 spiro atoms. The third-order valence-electron chi connectivity index (χ3n) is 4.19. The molecule has 3 heteroatoms. The number of nitrogens with zero attached hydrogens (tertiary/aromatic N) is 1. The minimum Gasteiger partial charge on any atom is -0.314 e. The largest absolute Gasteiger partial charge is 0.314 e. The van der Waals surface area contributed by atoms with Crippen molar-refractivity contribution in [2.24, 2.45) is 5.92 Å². The summed E-state index contributed by atoms with van der Waals surface area (Å²) in [6, 6.07) is 9.74. The number of piperazine rings is 1. The molecule has 0 amide bonds. The topological polar surface area (TPSA) is 15.3 Å². The van der Waals surface area contributed by atoms with Crippen molar-refractivity contribution in [3.63, 3.8) is 0 Å². The lowest BCUT2D eigenvalue weighted by molar-refractivity contribution is 0.128. The molecular formula is C16H26N2S. The van der Waals surface area contributed by atoms with Crippen molar-refractivity contribution in [1.82, 2.24) is 10.2 Å². The number of nitrogens with one attached hydrogen (secondary N) is 1. The first-order valence-electron chi connectivity index (χ1n) is 7.35. The summed E-state index contributed by atoms with van der Waals surface area (Å²) < 4.78 is 0. The van der Waals surface area contributed by atoms with E-state index < -0.39 is 0 Å². The van der Waals surface area contributed by atoms with E-state index in [2.05, 4.69) is 54.6 Å². The maximum Gasteiger partial charge on any atom is 0.0374 e. The Labute approximate surface area is 122 Å². The van der Waals surface area contributed by atoms with E-state index in [4.69, 9.17) is 0 Å². The first kappa shape index (κ1) is 14.9. The first-order valence-corrected chi connectivity index (χ1v) is 8.57. The fourth-order valence-corrected chi connectivity index (χ4v) is 3.29. The predicted octanol–water partition coefficient (Wildman–Crippen LogP) is 3.40. The molecule has 19 heavy (non-hydrogen) atoms. The maximum atomic E-state index is 3.45. The van der Waals surface area contributed by atoms with Crippen LogP contribution >= 0.6 is 11.8 Å². The lowest BCUT2D eigenvalue weighted by Gasteiger charge is -2.38. The van der Waals surface area contributed by atoms with Gasteiger partial charge in [0.1, 0.15) is 0 Å². The van der Waals surface area contributed by atoms with Gasteiger partial charge in [-0.25, -0.2) is 0 Å². The molecule has 1 aliphatic rings. The highest BCUT2D eigenvalue weighted by molar-refractivity contribution is 7.98. The van der Waals surface area contributed by atoms with E-state index in [1.807, 2.05) is 11.8 Å². The van der Waals surface area contributed by atoms with Crippen LogP contribution in [0.3, 0.4) is 0 Å². The van der Waals surface area contributed by atoms with Gasteiger partial charge in [-0.05, 0) is 29.9 Å². The van der Waals surface area contributed by atoms with Gasteiger partial charge in [-0.3, -0.25) is 4.90 Å². The first-order chi connectivity index (χ1) is 9.26. The van der Waals surface area contributed by atoms with Gasteiger partial charge in [0.2, 0.25) is 0 Å². The molecule has 0 aliphatic carbocycles. The molecule has 2 rings (SSSR count). The Bertz CT molecular complexity index is 371. The van der Waals surface area contributed by atoms with E-state index >= 15 is 0 Å². The van der Waals surface area contributed by atoms with Gasteiger partial charge in [-0.1, -0.05) is 32.4 Å². The van der Waals surface area contributed by atoms with Crippen LogP contribution in [0.15, 0.2) is 29.2 Å². The van der Waals surface area contributed by atoms with Gasteiger partial charge >= 0.3 is 0 Å². The van der Waals surface area contributed by atoms with Gasteiger partial charge in [-0.15, -0.1) is 11.8 Å². The zero-order valence-corrected chi connectivity index (χ0v) is 13.2. The molecule has 0 bridgehead atoms.